The summed E-state index contributed by atoms with van der Waals surface area (Å²) in [6.45, 7) is 0.473. The second-order valence-corrected chi connectivity index (χ2v) is 4.58. The van der Waals surface area contributed by atoms with E-state index < -0.39 is 5.92 Å². The maximum absolute atomic E-state index is 12.3. The number of ketones is 1. The Labute approximate surface area is 107 Å². The fraction of sp³-hybridized carbons (Fsp3) is 0.429. The van der Waals surface area contributed by atoms with E-state index in [0.29, 0.717) is 18.6 Å². The second-order valence-electron chi connectivity index (χ2n) is 4.58. The van der Waals surface area contributed by atoms with E-state index in [1.807, 2.05) is 18.2 Å². The van der Waals surface area contributed by atoms with Crippen LogP contribution in [0.4, 0.5) is 0 Å². The van der Waals surface area contributed by atoms with Crippen molar-refractivity contribution in [3.63, 3.8) is 0 Å². The van der Waals surface area contributed by atoms with Gasteiger partial charge in [0.05, 0.1) is 12.6 Å². The Hall–Kier alpha value is -1.68. The first-order valence-corrected chi connectivity index (χ1v) is 6.00. The van der Waals surface area contributed by atoms with Gasteiger partial charge < -0.3 is 9.64 Å². The fourth-order valence-corrected chi connectivity index (χ4v) is 2.35. The van der Waals surface area contributed by atoms with E-state index >= 15 is 0 Å². The molecule has 1 amide bonds. The molecule has 0 N–H and O–H groups in total. The Morgan fingerprint density at radius 2 is 2.06 bits per heavy atom. The zero-order valence-corrected chi connectivity index (χ0v) is 10.6. The minimum absolute atomic E-state index is 0.000150. The summed E-state index contributed by atoms with van der Waals surface area (Å²) in [5, 5.41) is 0. The Morgan fingerprint density at radius 3 is 2.67 bits per heavy atom. The second kappa shape index (κ2) is 5.31. The number of likely N-dealkylation sites (N-methyl/N-ethyl adjacent to an activating group) is 1. The summed E-state index contributed by atoms with van der Waals surface area (Å²) >= 11 is 0. The predicted octanol–water partition coefficient (Wildman–Crippen LogP) is 1.36. The van der Waals surface area contributed by atoms with Gasteiger partial charge in [-0.2, -0.15) is 0 Å². The van der Waals surface area contributed by atoms with Crippen molar-refractivity contribution in [3.8, 4) is 0 Å². The average molecular weight is 247 g/mol. The van der Waals surface area contributed by atoms with E-state index in [0.717, 1.165) is 0 Å². The first-order chi connectivity index (χ1) is 8.65. The molecule has 0 spiro atoms. The molecule has 1 aliphatic rings. The number of Topliss-reactive ketones (excluding diaryl/α,β-unsaturated/α-hetero) is 1. The van der Waals surface area contributed by atoms with Crippen molar-refractivity contribution in [2.24, 2.45) is 5.92 Å². The first-order valence-electron chi connectivity index (χ1n) is 6.00. The number of likely N-dealkylation sites (tertiary alicyclic amines) is 1. The van der Waals surface area contributed by atoms with Gasteiger partial charge in [0.2, 0.25) is 5.91 Å². The van der Waals surface area contributed by atoms with Crippen molar-refractivity contribution < 1.29 is 14.3 Å². The van der Waals surface area contributed by atoms with Gasteiger partial charge in [0.1, 0.15) is 5.92 Å². The maximum atomic E-state index is 12.3. The molecule has 1 fully saturated rings. The molecule has 1 unspecified atom stereocenters. The smallest absolute Gasteiger partial charge is 0.233 e. The summed E-state index contributed by atoms with van der Waals surface area (Å²) in [7, 11) is 3.33. The monoisotopic (exact) mass is 247 g/mol. The highest BCUT2D eigenvalue weighted by Gasteiger charge is 2.41. The number of rotatable bonds is 4. The number of carbonyl (C=O) groups is 2. The molecule has 1 aromatic rings. The van der Waals surface area contributed by atoms with Gasteiger partial charge >= 0.3 is 0 Å². The topological polar surface area (TPSA) is 46.6 Å². The van der Waals surface area contributed by atoms with E-state index in [4.69, 9.17) is 4.74 Å². The molecule has 1 saturated heterocycles. The number of nitrogens with zero attached hydrogens (tertiary/aromatic N) is 1. The van der Waals surface area contributed by atoms with Crippen molar-refractivity contribution in [1.29, 1.82) is 0 Å². The lowest BCUT2D eigenvalue weighted by atomic mass is 9.95. The van der Waals surface area contributed by atoms with Crippen molar-refractivity contribution >= 4 is 11.7 Å². The van der Waals surface area contributed by atoms with Crippen LogP contribution in [0.2, 0.25) is 0 Å². The largest absolute Gasteiger partial charge is 0.383 e. The zero-order chi connectivity index (χ0) is 13.1. The third kappa shape index (κ3) is 2.29. The van der Waals surface area contributed by atoms with Crippen LogP contribution in [0.25, 0.3) is 0 Å². The van der Waals surface area contributed by atoms with Gasteiger partial charge in [0.25, 0.3) is 0 Å². The average Bonchev–Trinajstić information content (AvgIpc) is 2.68. The van der Waals surface area contributed by atoms with Crippen molar-refractivity contribution in [2.45, 2.75) is 12.5 Å². The normalized spacial score (nSPS) is 23.4. The maximum Gasteiger partial charge on any atom is 0.233 e. The van der Waals surface area contributed by atoms with Crippen LogP contribution in [0, 0.1) is 5.92 Å². The molecule has 0 aliphatic carbocycles. The van der Waals surface area contributed by atoms with Crippen LogP contribution in [0.5, 0.6) is 0 Å². The molecule has 18 heavy (non-hydrogen) atoms. The van der Waals surface area contributed by atoms with Crippen LogP contribution in [-0.4, -0.2) is 43.4 Å². The van der Waals surface area contributed by atoms with E-state index in [1.54, 1.807) is 31.2 Å². The minimum Gasteiger partial charge on any atom is -0.383 e. The minimum atomic E-state index is -0.558. The lowest BCUT2D eigenvalue weighted by molar-refractivity contribution is -0.130. The molecule has 1 heterocycles. The molecule has 0 saturated carbocycles. The summed E-state index contributed by atoms with van der Waals surface area (Å²) in [6.07, 6.45) is 0.539. The first kappa shape index (κ1) is 12.8. The number of amides is 1. The molecule has 4 heteroatoms. The van der Waals surface area contributed by atoms with Gasteiger partial charge in [-0.25, -0.2) is 0 Å². The Morgan fingerprint density at radius 1 is 1.39 bits per heavy atom. The molecule has 96 valence electrons. The van der Waals surface area contributed by atoms with Crippen LogP contribution < -0.4 is 0 Å². The van der Waals surface area contributed by atoms with Gasteiger partial charge in [-0.05, 0) is 6.42 Å². The zero-order valence-electron chi connectivity index (χ0n) is 10.6. The van der Waals surface area contributed by atoms with Crippen LogP contribution >= 0.6 is 0 Å². The van der Waals surface area contributed by atoms with Crippen LogP contribution in [-0.2, 0) is 9.53 Å². The lowest BCUT2D eigenvalue weighted by Crippen LogP contribution is -2.33. The summed E-state index contributed by atoms with van der Waals surface area (Å²) in [5.74, 6) is -0.755. The number of carbonyl (C=O) groups excluding carboxylic acids is 2. The van der Waals surface area contributed by atoms with E-state index in [-0.39, 0.29) is 17.7 Å². The molecule has 0 aromatic heterocycles. The molecule has 2 atom stereocenters. The molecule has 1 aliphatic heterocycles. The lowest BCUT2D eigenvalue weighted by Gasteiger charge is -2.17. The number of benzene rings is 1. The number of methoxy groups -OCH3 is 1. The number of hydrogen-bond acceptors (Lipinski definition) is 3. The Kier molecular flexibility index (Phi) is 3.77. The molecular formula is C14H17NO3. The summed E-state index contributed by atoms with van der Waals surface area (Å²) in [5.41, 5.74) is 0.599. The Balaban J connectivity index is 2.15. The molecule has 1 aromatic carbocycles. The molecular weight excluding hydrogens is 230 g/mol. The number of ether oxygens (including phenoxy) is 1. The van der Waals surface area contributed by atoms with Crippen LogP contribution in [0.1, 0.15) is 16.8 Å². The van der Waals surface area contributed by atoms with Gasteiger partial charge in [-0.15, -0.1) is 0 Å². The van der Waals surface area contributed by atoms with Gasteiger partial charge in [0, 0.05) is 19.7 Å². The molecule has 4 nitrogen and oxygen atoms in total. The summed E-state index contributed by atoms with van der Waals surface area (Å²) in [4.78, 5) is 25.9. The SMILES string of the molecule is COC[C@@H]1CC(C(=O)c2ccccc2)C(=O)N1C. The summed E-state index contributed by atoms with van der Waals surface area (Å²) in [6, 6.07) is 8.97. The number of hydrogen-bond donors (Lipinski definition) is 0. The van der Waals surface area contributed by atoms with E-state index in [9.17, 15) is 9.59 Å². The highest BCUT2D eigenvalue weighted by molar-refractivity contribution is 6.11. The van der Waals surface area contributed by atoms with Crippen molar-refractivity contribution in [1.82, 2.24) is 4.90 Å². The highest BCUT2D eigenvalue weighted by atomic mass is 16.5. The molecule has 0 bridgehead atoms. The summed E-state index contributed by atoms with van der Waals surface area (Å²) < 4.78 is 5.07. The van der Waals surface area contributed by atoms with Gasteiger partial charge in [0.15, 0.2) is 5.78 Å². The third-order valence-corrected chi connectivity index (χ3v) is 3.44. The standard InChI is InChI=1S/C14H17NO3/c1-15-11(9-18-2)8-12(14(15)17)13(16)10-6-4-3-5-7-10/h3-7,11-12H,8-9H2,1-2H3/t11-,12?/m0/s1. The highest BCUT2D eigenvalue weighted by Crippen LogP contribution is 2.26. The molecule has 2 rings (SSSR count). The fourth-order valence-electron chi connectivity index (χ4n) is 2.35. The Bertz CT molecular complexity index is 444. The van der Waals surface area contributed by atoms with Gasteiger partial charge in [-0.1, -0.05) is 30.3 Å². The van der Waals surface area contributed by atoms with Crippen LogP contribution in [0.15, 0.2) is 30.3 Å². The van der Waals surface area contributed by atoms with Crippen LogP contribution in [0.3, 0.4) is 0 Å². The van der Waals surface area contributed by atoms with Crippen molar-refractivity contribution in [2.75, 3.05) is 20.8 Å². The predicted molar refractivity (Wildman–Crippen MR) is 67.3 cm³/mol. The van der Waals surface area contributed by atoms with Gasteiger partial charge in [-0.3, -0.25) is 9.59 Å². The third-order valence-electron chi connectivity index (χ3n) is 3.44. The van der Waals surface area contributed by atoms with E-state index in [1.165, 1.54) is 0 Å². The molecule has 0 radical (unpaired) electrons. The van der Waals surface area contributed by atoms with Crippen molar-refractivity contribution in [3.05, 3.63) is 35.9 Å². The van der Waals surface area contributed by atoms with E-state index in [2.05, 4.69) is 0 Å². The quantitative estimate of drug-likeness (QED) is 0.596.